The number of carbonyl (C=O) groups is 1. The molecule has 2 aromatic carbocycles. The number of nitrogens with zero attached hydrogens (tertiary/aromatic N) is 5. The van der Waals surface area contributed by atoms with Crippen molar-refractivity contribution in [3.63, 3.8) is 0 Å². The Balaban J connectivity index is 1.46. The summed E-state index contributed by atoms with van der Waals surface area (Å²) in [4.78, 5) is 15.6. The summed E-state index contributed by atoms with van der Waals surface area (Å²) in [6.07, 6.45) is 3.36. The van der Waals surface area contributed by atoms with Gasteiger partial charge in [-0.3, -0.25) is 14.5 Å². The van der Waals surface area contributed by atoms with E-state index in [2.05, 4.69) is 25.0 Å². The van der Waals surface area contributed by atoms with Gasteiger partial charge in [0.25, 0.3) is 10.0 Å². The average Bonchev–Trinajstić information content (AvgIpc) is 3.28. The van der Waals surface area contributed by atoms with E-state index in [4.69, 9.17) is 0 Å². The molecule has 5 rings (SSSR count). The molecule has 10 heteroatoms. The van der Waals surface area contributed by atoms with Gasteiger partial charge in [0.05, 0.1) is 10.6 Å². The number of nitrogens with one attached hydrogen (secondary N) is 1. The molecule has 0 amide bonds. The molecule has 0 saturated heterocycles. The molecule has 0 saturated carbocycles. The van der Waals surface area contributed by atoms with Gasteiger partial charge in [-0.05, 0) is 55.5 Å². The zero-order valence-corrected chi connectivity index (χ0v) is 18.8. The molecule has 0 spiro atoms. The number of anilines is 1. The minimum absolute atomic E-state index is 0.0630. The first-order chi connectivity index (χ1) is 16.4. The molecule has 0 bridgehead atoms. The molecule has 0 unspecified atom stereocenters. The van der Waals surface area contributed by atoms with Gasteiger partial charge in [-0.15, -0.1) is 10.2 Å². The highest BCUT2D eigenvalue weighted by atomic mass is 32.2. The molecule has 3 aromatic heterocycles. The lowest BCUT2D eigenvalue weighted by Crippen LogP contribution is -2.13. The van der Waals surface area contributed by atoms with Crippen LogP contribution in [0.2, 0.25) is 0 Å². The van der Waals surface area contributed by atoms with Crippen LogP contribution in [-0.4, -0.2) is 39.0 Å². The number of carbonyl (C=O) groups excluding carboxylic acids is 1. The second-order valence-electron chi connectivity index (χ2n) is 7.52. The number of pyridine rings is 1. The van der Waals surface area contributed by atoms with Crippen molar-refractivity contribution in [2.75, 3.05) is 4.72 Å². The number of hydrogen-bond acceptors (Lipinski definition) is 7. The zero-order valence-electron chi connectivity index (χ0n) is 18.0. The maximum Gasteiger partial charge on any atom is 0.261 e. The Morgan fingerprint density at radius 2 is 1.71 bits per heavy atom. The first kappa shape index (κ1) is 21.4. The van der Waals surface area contributed by atoms with Gasteiger partial charge in [0, 0.05) is 34.8 Å². The fourth-order valence-corrected chi connectivity index (χ4v) is 4.49. The highest BCUT2D eigenvalue weighted by molar-refractivity contribution is 7.92. The lowest BCUT2D eigenvalue weighted by atomic mass is 10.1. The topological polar surface area (TPSA) is 119 Å². The Labute approximate surface area is 195 Å². The smallest absolute Gasteiger partial charge is 0.261 e. The Bertz CT molecular complexity index is 1610. The second-order valence-corrected chi connectivity index (χ2v) is 9.20. The highest BCUT2D eigenvalue weighted by Gasteiger charge is 2.16. The van der Waals surface area contributed by atoms with E-state index in [1.807, 2.05) is 18.2 Å². The van der Waals surface area contributed by atoms with Crippen LogP contribution in [0.5, 0.6) is 0 Å². The van der Waals surface area contributed by atoms with E-state index >= 15 is 0 Å². The Hall–Kier alpha value is -4.44. The first-order valence-corrected chi connectivity index (χ1v) is 11.8. The van der Waals surface area contributed by atoms with Gasteiger partial charge in [-0.25, -0.2) is 8.42 Å². The first-order valence-electron chi connectivity index (χ1n) is 10.3. The summed E-state index contributed by atoms with van der Waals surface area (Å²) < 4.78 is 29.9. The predicted octanol–water partition coefficient (Wildman–Crippen LogP) is 3.86. The Morgan fingerprint density at radius 3 is 2.44 bits per heavy atom. The summed E-state index contributed by atoms with van der Waals surface area (Å²) in [5, 5.41) is 13.0. The van der Waals surface area contributed by atoms with Crippen LogP contribution in [-0.2, 0) is 10.0 Å². The van der Waals surface area contributed by atoms with Crippen LogP contribution in [0.3, 0.4) is 0 Å². The molecule has 0 aliphatic carbocycles. The number of rotatable bonds is 6. The molecular weight excluding hydrogens is 452 g/mol. The molecule has 5 aromatic rings. The third kappa shape index (κ3) is 4.14. The zero-order chi connectivity index (χ0) is 23.7. The third-order valence-electron chi connectivity index (χ3n) is 5.16. The predicted molar refractivity (Wildman–Crippen MR) is 127 cm³/mol. The van der Waals surface area contributed by atoms with Gasteiger partial charge in [-0.1, -0.05) is 24.3 Å². The normalized spacial score (nSPS) is 11.4. The van der Waals surface area contributed by atoms with Crippen LogP contribution in [0.1, 0.15) is 17.3 Å². The van der Waals surface area contributed by atoms with Gasteiger partial charge in [0.2, 0.25) is 0 Å². The number of ketones is 1. The van der Waals surface area contributed by atoms with Crippen LogP contribution in [0.4, 0.5) is 5.69 Å². The van der Waals surface area contributed by atoms with Crippen molar-refractivity contribution in [1.29, 1.82) is 0 Å². The largest absolute Gasteiger partial charge is 0.295 e. The van der Waals surface area contributed by atoms with Crippen molar-refractivity contribution in [1.82, 2.24) is 24.8 Å². The quantitative estimate of drug-likeness (QED) is 0.374. The average molecular weight is 471 g/mol. The van der Waals surface area contributed by atoms with Crippen LogP contribution in [0.15, 0.2) is 90.1 Å². The summed E-state index contributed by atoms with van der Waals surface area (Å²) in [5.41, 5.74) is 3.50. The second kappa shape index (κ2) is 8.49. The molecule has 0 atom stereocenters. The lowest BCUT2D eigenvalue weighted by molar-refractivity contribution is 0.101. The van der Waals surface area contributed by atoms with Crippen molar-refractivity contribution in [2.24, 2.45) is 0 Å². The van der Waals surface area contributed by atoms with Crippen molar-refractivity contribution in [3.05, 3.63) is 90.8 Å². The minimum atomic E-state index is -3.84. The summed E-state index contributed by atoms with van der Waals surface area (Å²) in [6.45, 7) is 1.43. The fraction of sp³-hybridized carbons (Fsp3) is 0.0417. The van der Waals surface area contributed by atoms with Crippen LogP contribution >= 0.6 is 0 Å². The maximum atomic E-state index is 12.8. The van der Waals surface area contributed by atoms with Gasteiger partial charge in [0.15, 0.2) is 17.3 Å². The molecule has 1 N–H and O–H groups in total. The van der Waals surface area contributed by atoms with E-state index < -0.39 is 10.0 Å². The summed E-state index contributed by atoms with van der Waals surface area (Å²) >= 11 is 0. The van der Waals surface area contributed by atoms with Crippen molar-refractivity contribution >= 4 is 27.1 Å². The number of aromatic nitrogens is 5. The molecule has 0 aliphatic heterocycles. The van der Waals surface area contributed by atoms with E-state index in [1.165, 1.54) is 31.2 Å². The number of Topliss-reactive ketones (excluding diaryl/α,β-unsaturated/α-hetero) is 1. The van der Waals surface area contributed by atoms with Crippen molar-refractivity contribution < 1.29 is 13.2 Å². The van der Waals surface area contributed by atoms with E-state index in [1.54, 1.807) is 47.2 Å². The standard InChI is InChI=1S/C24H18N6O3S/c1-16(31)17-7-9-21(10-8-17)34(32,33)29-20-6-2-4-18(14-20)22-11-12-23-26-27-24(30(23)28-22)19-5-3-13-25-15-19/h2-15,29H,1H3. The molecule has 168 valence electrons. The molecular formula is C24H18N6O3S. The van der Waals surface area contributed by atoms with Crippen molar-refractivity contribution in [3.8, 4) is 22.6 Å². The van der Waals surface area contributed by atoms with Crippen LogP contribution < -0.4 is 4.72 Å². The molecule has 0 fully saturated rings. The lowest BCUT2D eigenvalue weighted by Gasteiger charge is -2.10. The molecule has 9 nitrogen and oxygen atoms in total. The van der Waals surface area contributed by atoms with E-state index in [0.29, 0.717) is 34.0 Å². The Kier molecular flexibility index (Phi) is 5.34. The monoisotopic (exact) mass is 470 g/mol. The highest BCUT2D eigenvalue weighted by Crippen LogP contribution is 2.25. The summed E-state index contributed by atoms with van der Waals surface area (Å²) in [6, 6.07) is 20.0. The number of sulfonamides is 1. The van der Waals surface area contributed by atoms with Crippen LogP contribution in [0, 0.1) is 0 Å². The fourth-order valence-electron chi connectivity index (χ4n) is 3.44. The number of fused-ring (bicyclic) bond motifs is 1. The van der Waals surface area contributed by atoms with Crippen molar-refractivity contribution in [2.45, 2.75) is 11.8 Å². The maximum absolute atomic E-state index is 12.8. The number of hydrogen-bond donors (Lipinski definition) is 1. The summed E-state index contributed by atoms with van der Waals surface area (Å²) in [7, 11) is -3.84. The van der Waals surface area contributed by atoms with Gasteiger partial charge in [0.1, 0.15) is 0 Å². The SMILES string of the molecule is CC(=O)c1ccc(S(=O)(=O)Nc2cccc(-c3ccc4nnc(-c5cccnc5)n4n3)c2)cc1. The van der Waals surface area contributed by atoms with Crippen LogP contribution in [0.25, 0.3) is 28.3 Å². The molecule has 3 heterocycles. The Morgan fingerprint density at radius 1 is 0.912 bits per heavy atom. The van der Waals surface area contributed by atoms with Gasteiger partial charge in [-0.2, -0.15) is 9.61 Å². The molecule has 0 radical (unpaired) electrons. The minimum Gasteiger partial charge on any atom is -0.295 e. The van der Waals surface area contributed by atoms with E-state index in [-0.39, 0.29) is 10.7 Å². The molecule has 34 heavy (non-hydrogen) atoms. The van der Waals surface area contributed by atoms with Gasteiger partial charge >= 0.3 is 0 Å². The third-order valence-corrected chi connectivity index (χ3v) is 6.56. The van der Waals surface area contributed by atoms with E-state index in [9.17, 15) is 13.2 Å². The summed E-state index contributed by atoms with van der Waals surface area (Å²) in [5.74, 6) is 0.421. The van der Waals surface area contributed by atoms with Gasteiger partial charge < -0.3 is 0 Å². The van der Waals surface area contributed by atoms with E-state index in [0.717, 1.165) is 5.56 Å². The number of benzene rings is 2. The molecule has 0 aliphatic rings.